The highest BCUT2D eigenvalue weighted by Crippen LogP contribution is 2.29. The van der Waals surface area contributed by atoms with Crippen LogP contribution in [0.5, 0.6) is 0 Å². The zero-order valence-corrected chi connectivity index (χ0v) is 10.9. The van der Waals surface area contributed by atoms with Gasteiger partial charge in [-0.25, -0.2) is 0 Å². The van der Waals surface area contributed by atoms with Crippen molar-refractivity contribution in [1.29, 1.82) is 0 Å². The maximum absolute atomic E-state index is 12.3. The fourth-order valence-electron chi connectivity index (χ4n) is 3.07. The maximum atomic E-state index is 12.3. The molecule has 2 aliphatic heterocycles. The maximum Gasteiger partial charge on any atom is 0.228 e. The van der Waals surface area contributed by atoms with E-state index in [2.05, 4.69) is 10.2 Å². The molecule has 0 aromatic carbocycles. The summed E-state index contributed by atoms with van der Waals surface area (Å²) in [6.45, 7) is 3.27. The number of hydrogen-bond donors (Lipinski definition) is 1. The van der Waals surface area contributed by atoms with Gasteiger partial charge in [0.1, 0.15) is 0 Å². The summed E-state index contributed by atoms with van der Waals surface area (Å²) in [6, 6.07) is 0.371. The molecule has 2 saturated heterocycles. The molecule has 0 aromatic heterocycles. The summed E-state index contributed by atoms with van der Waals surface area (Å²) < 4.78 is 5.78. The average Bonchev–Trinajstić information content (AvgIpc) is 2.26. The van der Waals surface area contributed by atoms with Gasteiger partial charge in [0.25, 0.3) is 0 Å². The highest BCUT2D eigenvalue weighted by Gasteiger charge is 2.39. The number of amides is 1. The predicted molar refractivity (Wildman–Crippen MR) is 67.3 cm³/mol. The number of rotatable bonds is 1. The van der Waals surface area contributed by atoms with Gasteiger partial charge in [-0.05, 0) is 12.8 Å². The van der Waals surface area contributed by atoms with Crippen LogP contribution in [0.4, 0.5) is 0 Å². The zero-order chi connectivity index (χ0) is 11.0. The van der Waals surface area contributed by atoms with Crippen molar-refractivity contribution < 1.29 is 9.53 Å². The van der Waals surface area contributed by atoms with E-state index in [0.29, 0.717) is 18.1 Å². The Labute approximate surface area is 108 Å². The number of nitrogens with one attached hydrogen (secondary N) is 1. The lowest BCUT2D eigenvalue weighted by molar-refractivity contribution is -0.155. The SMILES string of the molecule is Cl.O=C(C1CNC1)N1CCOC2CCCCC21. The molecule has 2 unspecified atom stereocenters. The first-order chi connectivity index (χ1) is 7.86. The van der Waals surface area contributed by atoms with Crippen LogP contribution in [0, 0.1) is 5.92 Å². The van der Waals surface area contributed by atoms with Crippen LogP contribution < -0.4 is 5.32 Å². The molecule has 2 atom stereocenters. The molecule has 5 heteroatoms. The summed E-state index contributed by atoms with van der Waals surface area (Å²) >= 11 is 0. The Bertz CT molecular complexity index is 282. The molecule has 17 heavy (non-hydrogen) atoms. The predicted octanol–water partition coefficient (Wildman–Crippen LogP) is 0.798. The Morgan fingerprint density at radius 1 is 1.24 bits per heavy atom. The normalized spacial score (nSPS) is 33.3. The van der Waals surface area contributed by atoms with Gasteiger partial charge in [0.2, 0.25) is 5.91 Å². The second kappa shape index (κ2) is 5.55. The monoisotopic (exact) mass is 260 g/mol. The summed E-state index contributed by atoms with van der Waals surface area (Å²) in [4.78, 5) is 14.4. The fourth-order valence-corrected chi connectivity index (χ4v) is 3.07. The van der Waals surface area contributed by atoms with Gasteiger partial charge in [-0.3, -0.25) is 4.79 Å². The first-order valence-corrected chi connectivity index (χ1v) is 6.49. The lowest BCUT2D eigenvalue weighted by Crippen LogP contribution is -2.60. The van der Waals surface area contributed by atoms with Crippen LogP contribution >= 0.6 is 12.4 Å². The van der Waals surface area contributed by atoms with Gasteiger partial charge in [0.15, 0.2) is 0 Å². The Morgan fingerprint density at radius 2 is 2.00 bits per heavy atom. The highest BCUT2D eigenvalue weighted by atomic mass is 35.5. The third-order valence-corrected chi connectivity index (χ3v) is 4.15. The van der Waals surface area contributed by atoms with Crippen molar-refractivity contribution in [2.24, 2.45) is 5.92 Å². The Balaban J connectivity index is 0.00000108. The molecule has 3 fully saturated rings. The van der Waals surface area contributed by atoms with E-state index in [1.54, 1.807) is 0 Å². The first-order valence-electron chi connectivity index (χ1n) is 6.49. The molecule has 0 bridgehead atoms. The topological polar surface area (TPSA) is 41.6 Å². The molecule has 1 amide bonds. The number of nitrogens with zero attached hydrogens (tertiary/aromatic N) is 1. The van der Waals surface area contributed by atoms with E-state index in [0.717, 1.165) is 39.1 Å². The number of carbonyl (C=O) groups excluding carboxylic acids is 1. The standard InChI is InChI=1S/C12H20N2O2.ClH/c15-12(9-7-13-8-9)14-5-6-16-11-4-2-1-3-10(11)14;/h9-11,13H,1-8H2;1H. The summed E-state index contributed by atoms with van der Waals surface area (Å²) in [5.74, 6) is 0.597. The molecule has 1 N–H and O–H groups in total. The van der Waals surface area contributed by atoms with E-state index in [9.17, 15) is 4.79 Å². The molecule has 1 aliphatic carbocycles. The minimum absolute atomic E-state index is 0. The van der Waals surface area contributed by atoms with Crippen LogP contribution in [0.2, 0.25) is 0 Å². The van der Waals surface area contributed by atoms with Gasteiger partial charge in [-0.15, -0.1) is 12.4 Å². The van der Waals surface area contributed by atoms with Gasteiger partial charge in [0.05, 0.1) is 24.7 Å². The van der Waals surface area contributed by atoms with Gasteiger partial charge in [-0.1, -0.05) is 12.8 Å². The molecule has 3 aliphatic rings. The van der Waals surface area contributed by atoms with Gasteiger partial charge in [0, 0.05) is 19.6 Å². The second-order valence-electron chi connectivity index (χ2n) is 5.15. The van der Waals surface area contributed by atoms with Gasteiger partial charge in [-0.2, -0.15) is 0 Å². The van der Waals surface area contributed by atoms with Gasteiger partial charge >= 0.3 is 0 Å². The molecule has 4 nitrogen and oxygen atoms in total. The molecule has 0 radical (unpaired) electrons. The van der Waals surface area contributed by atoms with Crippen LogP contribution in [0.1, 0.15) is 25.7 Å². The molecular formula is C12H21ClN2O2. The van der Waals surface area contributed by atoms with Crippen molar-refractivity contribution in [3.63, 3.8) is 0 Å². The smallest absolute Gasteiger partial charge is 0.228 e. The number of hydrogen-bond acceptors (Lipinski definition) is 3. The minimum Gasteiger partial charge on any atom is -0.374 e. The van der Waals surface area contributed by atoms with Crippen LogP contribution in [0.25, 0.3) is 0 Å². The van der Waals surface area contributed by atoms with Gasteiger partial charge < -0.3 is 15.0 Å². The largest absolute Gasteiger partial charge is 0.374 e. The van der Waals surface area contributed by atoms with E-state index in [-0.39, 0.29) is 18.3 Å². The van der Waals surface area contributed by atoms with Crippen LogP contribution in [0.15, 0.2) is 0 Å². The number of halogens is 1. The van der Waals surface area contributed by atoms with Crippen molar-refractivity contribution in [1.82, 2.24) is 10.2 Å². The number of ether oxygens (including phenoxy) is 1. The fraction of sp³-hybridized carbons (Fsp3) is 0.917. The summed E-state index contributed by atoms with van der Waals surface area (Å²) in [6.07, 6.45) is 5.10. The van der Waals surface area contributed by atoms with E-state index >= 15 is 0 Å². The third-order valence-electron chi connectivity index (χ3n) is 4.15. The van der Waals surface area contributed by atoms with Crippen LogP contribution in [-0.4, -0.2) is 49.2 Å². The minimum atomic E-state index is 0. The summed E-state index contributed by atoms with van der Waals surface area (Å²) in [5.41, 5.74) is 0. The highest BCUT2D eigenvalue weighted by molar-refractivity contribution is 5.85. The zero-order valence-electron chi connectivity index (χ0n) is 10.1. The molecular weight excluding hydrogens is 240 g/mol. The van der Waals surface area contributed by atoms with Crippen LogP contribution in [0.3, 0.4) is 0 Å². The van der Waals surface area contributed by atoms with Crippen LogP contribution in [-0.2, 0) is 9.53 Å². The number of fused-ring (bicyclic) bond motifs is 1. The van der Waals surface area contributed by atoms with Crippen molar-refractivity contribution in [3.05, 3.63) is 0 Å². The second-order valence-corrected chi connectivity index (χ2v) is 5.15. The average molecular weight is 261 g/mol. The molecule has 1 saturated carbocycles. The number of morpholine rings is 1. The molecule has 2 heterocycles. The van der Waals surface area contributed by atoms with E-state index in [4.69, 9.17) is 4.74 Å². The quantitative estimate of drug-likeness (QED) is 0.758. The molecule has 3 rings (SSSR count). The Kier molecular flexibility index (Phi) is 4.28. The third kappa shape index (κ3) is 2.44. The number of carbonyl (C=O) groups is 1. The van der Waals surface area contributed by atoms with Crippen molar-refractivity contribution in [3.8, 4) is 0 Å². The lowest BCUT2D eigenvalue weighted by Gasteiger charge is -2.46. The summed E-state index contributed by atoms with van der Waals surface area (Å²) in [7, 11) is 0. The van der Waals surface area contributed by atoms with Crippen molar-refractivity contribution in [2.75, 3.05) is 26.2 Å². The lowest BCUT2D eigenvalue weighted by atomic mass is 9.88. The molecule has 98 valence electrons. The summed E-state index contributed by atoms with van der Waals surface area (Å²) in [5, 5.41) is 3.17. The van der Waals surface area contributed by atoms with E-state index in [1.807, 2.05) is 0 Å². The Morgan fingerprint density at radius 3 is 2.71 bits per heavy atom. The van der Waals surface area contributed by atoms with Crippen molar-refractivity contribution >= 4 is 18.3 Å². The molecule has 0 spiro atoms. The Hall–Kier alpha value is -0.320. The van der Waals surface area contributed by atoms with E-state index < -0.39 is 0 Å². The van der Waals surface area contributed by atoms with Crippen molar-refractivity contribution in [2.45, 2.75) is 37.8 Å². The molecule has 0 aromatic rings. The van der Waals surface area contributed by atoms with E-state index in [1.165, 1.54) is 12.8 Å². The first kappa shape index (κ1) is 13.1.